The molecule has 0 saturated carbocycles. The van der Waals surface area contributed by atoms with Gasteiger partial charge in [0.1, 0.15) is 11.6 Å². The second kappa shape index (κ2) is 7.29. The quantitative estimate of drug-likeness (QED) is 0.641. The van der Waals surface area contributed by atoms with Crippen LogP contribution < -0.4 is 16.0 Å². The molecule has 8 nitrogen and oxygen atoms in total. The van der Waals surface area contributed by atoms with E-state index < -0.39 is 0 Å². The molecule has 0 aliphatic carbocycles. The first kappa shape index (κ1) is 17.3. The average molecular weight is 377 g/mol. The van der Waals surface area contributed by atoms with Crippen molar-refractivity contribution in [1.82, 2.24) is 30.2 Å². The molecule has 28 heavy (non-hydrogen) atoms. The van der Waals surface area contributed by atoms with Crippen LogP contribution in [0.5, 0.6) is 0 Å². The molecule has 3 aromatic rings. The SMILES string of the molecule is O=C(Nc1cc2cc(-c3cnc4n3CCNC4)cnc2cn1)C1CCCNC1. The van der Waals surface area contributed by atoms with Crippen molar-refractivity contribution in [2.75, 3.05) is 25.0 Å². The van der Waals surface area contributed by atoms with E-state index in [9.17, 15) is 4.79 Å². The van der Waals surface area contributed by atoms with Crippen molar-refractivity contribution < 1.29 is 4.79 Å². The fourth-order valence-corrected chi connectivity index (χ4v) is 3.97. The molecule has 8 heteroatoms. The Labute approximate surface area is 162 Å². The van der Waals surface area contributed by atoms with Gasteiger partial charge in [-0.2, -0.15) is 0 Å². The number of carbonyl (C=O) groups excluding carboxylic acids is 1. The normalized spacial score (nSPS) is 19.4. The van der Waals surface area contributed by atoms with Crippen LogP contribution in [0.1, 0.15) is 18.7 Å². The number of rotatable bonds is 3. The van der Waals surface area contributed by atoms with E-state index in [2.05, 4.69) is 41.5 Å². The number of hydrogen-bond acceptors (Lipinski definition) is 6. The Morgan fingerprint density at radius 3 is 2.96 bits per heavy atom. The van der Waals surface area contributed by atoms with Crippen molar-refractivity contribution in [3.05, 3.63) is 36.5 Å². The fourth-order valence-electron chi connectivity index (χ4n) is 3.97. The van der Waals surface area contributed by atoms with Crippen LogP contribution >= 0.6 is 0 Å². The second-order valence-corrected chi connectivity index (χ2v) is 7.41. The Morgan fingerprint density at radius 2 is 2.07 bits per heavy atom. The zero-order chi connectivity index (χ0) is 18.9. The summed E-state index contributed by atoms with van der Waals surface area (Å²) in [7, 11) is 0. The third kappa shape index (κ3) is 3.25. The van der Waals surface area contributed by atoms with E-state index >= 15 is 0 Å². The summed E-state index contributed by atoms with van der Waals surface area (Å²) < 4.78 is 2.24. The van der Waals surface area contributed by atoms with Gasteiger partial charge in [-0.3, -0.25) is 9.78 Å². The van der Waals surface area contributed by atoms with Crippen LogP contribution in [-0.4, -0.2) is 45.1 Å². The van der Waals surface area contributed by atoms with E-state index in [0.717, 1.165) is 73.6 Å². The lowest BCUT2D eigenvalue weighted by Crippen LogP contribution is -2.37. The topological polar surface area (TPSA) is 96.8 Å². The van der Waals surface area contributed by atoms with Crippen LogP contribution in [0, 0.1) is 5.92 Å². The molecular formula is C20H23N7O. The molecule has 1 atom stereocenters. The number of imidazole rings is 1. The van der Waals surface area contributed by atoms with Gasteiger partial charge in [-0.1, -0.05) is 0 Å². The highest BCUT2D eigenvalue weighted by atomic mass is 16.2. The molecule has 0 bridgehead atoms. The van der Waals surface area contributed by atoms with Gasteiger partial charge in [0.25, 0.3) is 0 Å². The molecule has 5 rings (SSSR count). The van der Waals surface area contributed by atoms with Gasteiger partial charge in [0.15, 0.2) is 0 Å². The van der Waals surface area contributed by atoms with Crippen molar-refractivity contribution in [1.29, 1.82) is 0 Å². The molecule has 2 aliphatic heterocycles. The summed E-state index contributed by atoms with van der Waals surface area (Å²) in [5.41, 5.74) is 2.90. The lowest BCUT2D eigenvalue weighted by molar-refractivity contribution is -0.120. The highest BCUT2D eigenvalue weighted by molar-refractivity contribution is 5.94. The van der Waals surface area contributed by atoms with Gasteiger partial charge in [-0.05, 0) is 31.5 Å². The highest BCUT2D eigenvalue weighted by Crippen LogP contribution is 2.26. The van der Waals surface area contributed by atoms with E-state index in [0.29, 0.717) is 5.82 Å². The molecule has 3 N–H and O–H groups in total. The number of pyridine rings is 2. The molecule has 1 unspecified atom stereocenters. The van der Waals surface area contributed by atoms with E-state index in [1.807, 2.05) is 18.5 Å². The minimum absolute atomic E-state index is 0.00244. The Hall–Kier alpha value is -2.84. The predicted molar refractivity (Wildman–Crippen MR) is 107 cm³/mol. The molecule has 2 aliphatic rings. The lowest BCUT2D eigenvalue weighted by Gasteiger charge is -2.21. The summed E-state index contributed by atoms with van der Waals surface area (Å²) in [4.78, 5) is 25.9. The Morgan fingerprint density at radius 1 is 1.11 bits per heavy atom. The van der Waals surface area contributed by atoms with Crippen molar-refractivity contribution in [3.8, 4) is 11.3 Å². The number of amides is 1. The van der Waals surface area contributed by atoms with Gasteiger partial charge in [0.2, 0.25) is 5.91 Å². The molecule has 144 valence electrons. The van der Waals surface area contributed by atoms with Crippen LogP contribution in [0.2, 0.25) is 0 Å². The van der Waals surface area contributed by atoms with E-state index in [1.54, 1.807) is 6.20 Å². The first-order chi connectivity index (χ1) is 13.8. The predicted octanol–water partition coefficient (Wildman–Crippen LogP) is 1.53. The lowest BCUT2D eigenvalue weighted by atomic mass is 9.99. The molecule has 3 aromatic heterocycles. The van der Waals surface area contributed by atoms with Crippen LogP contribution in [0.25, 0.3) is 22.2 Å². The summed E-state index contributed by atoms with van der Waals surface area (Å²) in [6.07, 6.45) is 7.43. The van der Waals surface area contributed by atoms with Gasteiger partial charge in [0, 0.05) is 36.8 Å². The van der Waals surface area contributed by atoms with E-state index in [4.69, 9.17) is 0 Å². The van der Waals surface area contributed by atoms with Crippen molar-refractivity contribution in [2.45, 2.75) is 25.9 Å². The van der Waals surface area contributed by atoms with Gasteiger partial charge in [0.05, 0.1) is 36.1 Å². The first-order valence-corrected chi connectivity index (χ1v) is 9.81. The van der Waals surface area contributed by atoms with E-state index in [1.165, 1.54) is 0 Å². The largest absolute Gasteiger partial charge is 0.326 e. The van der Waals surface area contributed by atoms with Gasteiger partial charge >= 0.3 is 0 Å². The summed E-state index contributed by atoms with van der Waals surface area (Å²) in [6.45, 7) is 4.34. The number of hydrogen-bond donors (Lipinski definition) is 3. The third-order valence-corrected chi connectivity index (χ3v) is 5.52. The van der Waals surface area contributed by atoms with E-state index in [-0.39, 0.29) is 11.8 Å². The van der Waals surface area contributed by atoms with Gasteiger partial charge in [-0.15, -0.1) is 0 Å². The van der Waals surface area contributed by atoms with Crippen molar-refractivity contribution in [3.63, 3.8) is 0 Å². The molecule has 0 spiro atoms. The van der Waals surface area contributed by atoms with Crippen LogP contribution in [0.4, 0.5) is 5.82 Å². The number of carbonyl (C=O) groups is 1. The number of piperidine rings is 1. The average Bonchev–Trinajstić information content (AvgIpc) is 3.18. The Kier molecular flexibility index (Phi) is 4.50. The summed E-state index contributed by atoms with van der Waals surface area (Å²) in [5.74, 6) is 1.65. The van der Waals surface area contributed by atoms with Crippen LogP contribution in [0.15, 0.2) is 30.7 Å². The monoisotopic (exact) mass is 377 g/mol. The maximum Gasteiger partial charge on any atom is 0.229 e. The number of aromatic nitrogens is 4. The summed E-state index contributed by atoms with van der Waals surface area (Å²) in [5, 5.41) is 10.5. The zero-order valence-electron chi connectivity index (χ0n) is 15.6. The smallest absolute Gasteiger partial charge is 0.229 e. The maximum absolute atomic E-state index is 12.5. The van der Waals surface area contributed by atoms with Crippen LogP contribution in [0.3, 0.4) is 0 Å². The second-order valence-electron chi connectivity index (χ2n) is 7.41. The fraction of sp³-hybridized carbons (Fsp3) is 0.400. The Bertz CT molecular complexity index is 1020. The first-order valence-electron chi connectivity index (χ1n) is 9.81. The number of anilines is 1. The minimum atomic E-state index is 0.00244. The molecule has 1 amide bonds. The number of nitrogens with one attached hydrogen (secondary N) is 3. The van der Waals surface area contributed by atoms with Crippen molar-refractivity contribution in [2.24, 2.45) is 5.92 Å². The van der Waals surface area contributed by atoms with Gasteiger partial charge in [-0.25, -0.2) is 9.97 Å². The van der Waals surface area contributed by atoms with Crippen molar-refractivity contribution >= 4 is 22.6 Å². The third-order valence-electron chi connectivity index (χ3n) is 5.52. The molecule has 5 heterocycles. The summed E-state index contributed by atoms with van der Waals surface area (Å²) in [6, 6.07) is 3.99. The van der Waals surface area contributed by atoms with Gasteiger partial charge < -0.3 is 20.5 Å². The molecule has 0 radical (unpaired) electrons. The standard InChI is InChI=1S/C20H23N7O/c28-20(13-2-1-3-21-8-13)26-18-7-14-6-15(9-23-16(14)10-24-18)17-11-25-19-12-22-4-5-27(17)19/h6-7,9-11,13,21-22H,1-5,8,12H2,(H,24,26,28). The number of nitrogens with zero attached hydrogens (tertiary/aromatic N) is 4. The van der Waals surface area contributed by atoms with Crippen LogP contribution in [-0.2, 0) is 17.9 Å². The molecular weight excluding hydrogens is 354 g/mol. The Balaban J connectivity index is 1.43. The molecule has 1 saturated heterocycles. The highest BCUT2D eigenvalue weighted by Gasteiger charge is 2.21. The minimum Gasteiger partial charge on any atom is -0.326 e. The number of fused-ring (bicyclic) bond motifs is 2. The maximum atomic E-state index is 12.5. The summed E-state index contributed by atoms with van der Waals surface area (Å²) >= 11 is 0. The zero-order valence-corrected chi connectivity index (χ0v) is 15.6. The molecule has 0 aromatic carbocycles. The molecule has 1 fully saturated rings.